The molecule has 0 bridgehead atoms. The highest BCUT2D eigenvalue weighted by molar-refractivity contribution is 5.62. The summed E-state index contributed by atoms with van der Waals surface area (Å²) in [4.78, 5) is 2.29. The van der Waals surface area contributed by atoms with E-state index in [9.17, 15) is 5.11 Å². The molecule has 1 aromatic heterocycles. The smallest absolute Gasteiger partial charge is 0.0965 e. The van der Waals surface area contributed by atoms with Crippen molar-refractivity contribution in [1.29, 1.82) is 0 Å². The minimum Gasteiger partial charge on any atom is -0.393 e. The molecule has 1 aliphatic rings. The second-order valence-corrected chi connectivity index (χ2v) is 6.99. The molecule has 1 aliphatic carbocycles. The number of rotatable bonds is 8. The molecule has 1 saturated carbocycles. The van der Waals surface area contributed by atoms with Crippen LogP contribution in [0, 0.1) is 5.92 Å². The summed E-state index contributed by atoms with van der Waals surface area (Å²) in [6, 6.07) is 8.72. The summed E-state index contributed by atoms with van der Waals surface area (Å²) in [5, 5.41) is 20.0. The van der Waals surface area contributed by atoms with Crippen molar-refractivity contribution < 1.29 is 5.11 Å². The van der Waals surface area contributed by atoms with E-state index in [2.05, 4.69) is 51.7 Å². The van der Waals surface area contributed by atoms with Gasteiger partial charge in [0, 0.05) is 37.0 Å². The predicted molar refractivity (Wildman–Crippen MR) is 96.7 cm³/mol. The van der Waals surface area contributed by atoms with Crippen molar-refractivity contribution in [2.45, 2.75) is 31.9 Å². The Hall–Kier alpha value is -1.69. The lowest BCUT2D eigenvalue weighted by Crippen LogP contribution is -2.29. The minimum absolute atomic E-state index is 0.0687. The van der Waals surface area contributed by atoms with Gasteiger partial charge in [0.15, 0.2) is 0 Å². The first-order valence-corrected chi connectivity index (χ1v) is 8.79. The van der Waals surface area contributed by atoms with E-state index in [1.165, 1.54) is 11.1 Å². The molecule has 3 N–H and O–H groups in total. The van der Waals surface area contributed by atoms with Gasteiger partial charge >= 0.3 is 0 Å². The van der Waals surface area contributed by atoms with Gasteiger partial charge in [-0.15, -0.1) is 0 Å². The van der Waals surface area contributed by atoms with E-state index in [1.54, 1.807) is 0 Å². The maximum atomic E-state index is 9.40. The molecule has 3 rings (SSSR count). The first kappa shape index (κ1) is 17.1. The molecule has 2 aromatic rings. The Bertz CT molecular complexity index is 631. The van der Waals surface area contributed by atoms with Crippen LogP contribution in [0.15, 0.2) is 30.5 Å². The second-order valence-electron chi connectivity index (χ2n) is 6.99. The Morgan fingerprint density at radius 1 is 1.29 bits per heavy atom. The van der Waals surface area contributed by atoms with Crippen molar-refractivity contribution in [1.82, 2.24) is 20.4 Å². The third-order valence-electron chi connectivity index (χ3n) is 4.87. The zero-order valence-electron chi connectivity index (χ0n) is 14.6. The van der Waals surface area contributed by atoms with Gasteiger partial charge < -0.3 is 15.3 Å². The van der Waals surface area contributed by atoms with Crippen molar-refractivity contribution in [3.8, 4) is 11.3 Å². The Morgan fingerprint density at radius 3 is 2.71 bits per heavy atom. The fourth-order valence-corrected chi connectivity index (χ4v) is 3.36. The molecule has 1 aromatic carbocycles. The van der Waals surface area contributed by atoms with Gasteiger partial charge in [0.1, 0.15) is 0 Å². The van der Waals surface area contributed by atoms with Crippen LogP contribution in [0.1, 0.15) is 24.0 Å². The summed E-state index contributed by atoms with van der Waals surface area (Å²) in [6.45, 7) is 2.87. The number of aliphatic hydroxyl groups is 1. The highest BCUT2D eigenvalue weighted by Crippen LogP contribution is 2.31. The molecule has 0 spiro atoms. The number of H-pyrrole nitrogens is 1. The minimum atomic E-state index is -0.0687. The summed E-state index contributed by atoms with van der Waals surface area (Å²) in [6.07, 6.45) is 4.89. The van der Waals surface area contributed by atoms with Crippen LogP contribution in [0.5, 0.6) is 0 Å². The Balaban J connectivity index is 1.63. The topological polar surface area (TPSA) is 64.2 Å². The van der Waals surface area contributed by atoms with Crippen LogP contribution in [-0.4, -0.2) is 53.5 Å². The third kappa shape index (κ3) is 4.23. The maximum Gasteiger partial charge on any atom is 0.0965 e. The number of aliphatic hydroxyl groups excluding tert-OH is 1. The summed E-state index contributed by atoms with van der Waals surface area (Å²) in [5.41, 5.74) is 4.77. The van der Waals surface area contributed by atoms with E-state index < -0.39 is 0 Å². The van der Waals surface area contributed by atoms with Crippen LogP contribution < -0.4 is 5.32 Å². The number of nitrogens with one attached hydrogen (secondary N) is 2. The highest BCUT2D eigenvalue weighted by atomic mass is 16.3. The average Bonchev–Trinajstić information content (AvgIpc) is 3.00. The second kappa shape index (κ2) is 7.92. The Labute approximate surface area is 144 Å². The molecule has 24 heavy (non-hydrogen) atoms. The summed E-state index contributed by atoms with van der Waals surface area (Å²) in [5.74, 6) is 0.646. The molecular weight excluding hydrogens is 300 g/mol. The molecule has 0 aliphatic heterocycles. The van der Waals surface area contributed by atoms with Crippen LogP contribution >= 0.6 is 0 Å². The third-order valence-corrected chi connectivity index (χ3v) is 4.87. The fraction of sp³-hybridized carbons (Fsp3) is 0.526. The van der Waals surface area contributed by atoms with Crippen LogP contribution in [0.4, 0.5) is 0 Å². The maximum absolute atomic E-state index is 9.40. The number of benzene rings is 1. The summed E-state index contributed by atoms with van der Waals surface area (Å²) >= 11 is 0. The average molecular weight is 328 g/mol. The summed E-state index contributed by atoms with van der Waals surface area (Å²) < 4.78 is 0. The molecule has 0 unspecified atom stereocenters. The first-order chi connectivity index (χ1) is 11.7. The SMILES string of the molecule is CNCCN(C)Cc1c[nH]nc1-c1ccc(CC2CC(O)C2)cc1. The lowest BCUT2D eigenvalue weighted by Gasteiger charge is -2.31. The quantitative estimate of drug-likeness (QED) is 0.694. The molecule has 0 atom stereocenters. The Morgan fingerprint density at radius 2 is 2.04 bits per heavy atom. The van der Waals surface area contributed by atoms with Crippen LogP contribution in [0.3, 0.4) is 0 Å². The number of aromatic amines is 1. The van der Waals surface area contributed by atoms with Crippen molar-refractivity contribution in [3.63, 3.8) is 0 Å². The van der Waals surface area contributed by atoms with Crippen LogP contribution in [0.25, 0.3) is 11.3 Å². The molecule has 0 amide bonds. The standard InChI is InChI=1S/C19H28N4O/c1-20-7-8-23(2)13-17-12-21-22-19(17)16-5-3-14(4-6-16)9-15-10-18(24)11-15/h3-6,12,15,18,20,24H,7-11,13H2,1-2H3,(H,21,22). The van der Waals surface area contributed by atoms with E-state index in [0.717, 1.165) is 50.2 Å². The molecule has 0 radical (unpaired) electrons. The van der Waals surface area contributed by atoms with Crippen LogP contribution in [0.2, 0.25) is 0 Å². The molecule has 1 fully saturated rings. The Kier molecular flexibility index (Phi) is 5.66. The van der Waals surface area contributed by atoms with Gasteiger partial charge in [-0.1, -0.05) is 24.3 Å². The zero-order chi connectivity index (χ0) is 16.9. The van der Waals surface area contributed by atoms with Gasteiger partial charge in [-0.3, -0.25) is 5.10 Å². The van der Waals surface area contributed by atoms with Crippen molar-refractivity contribution in [2.24, 2.45) is 5.92 Å². The predicted octanol–water partition coefficient (Wildman–Crippen LogP) is 2.04. The van der Waals surface area contributed by atoms with E-state index in [4.69, 9.17) is 0 Å². The van der Waals surface area contributed by atoms with Gasteiger partial charge in [0.05, 0.1) is 11.8 Å². The number of likely N-dealkylation sites (N-methyl/N-ethyl adjacent to an activating group) is 2. The van der Waals surface area contributed by atoms with Gasteiger partial charge in [0.2, 0.25) is 0 Å². The largest absolute Gasteiger partial charge is 0.393 e. The molecule has 1 heterocycles. The van der Waals surface area contributed by atoms with E-state index in [0.29, 0.717) is 5.92 Å². The summed E-state index contributed by atoms with van der Waals surface area (Å²) in [7, 11) is 4.10. The number of nitrogens with zero attached hydrogens (tertiary/aromatic N) is 2. The number of hydrogen-bond donors (Lipinski definition) is 3. The molecule has 5 heteroatoms. The monoisotopic (exact) mass is 328 g/mol. The zero-order valence-corrected chi connectivity index (χ0v) is 14.6. The van der Waals surface area contributed by atoms with E-state index in [-0.39, 0.29) is 6.10 Å². The molecule has 130 valence electrons. The van der Waals surface area contributed by atoms with E-state index in [1.807, 2.05) is 13.2 Å². The highest BCUT2D eigenvalue weighted by Gasteiger charge is 2.26. The van der Waals surface area contributed by atoms with Gasteiger partial charge in [-0.2, -0.15) is 5.10 Å². The lowest BCUT2D eigenvalue weighted by molar-refractivity contribution is 0.0432. The van der Waals surface area contributed by atoms with Gasteiger partial charge in [0.25, 0.3) is 0 Å². The lowest BCUT2D eigenvalue weighted by atomic mass is 9.78. The molecule has 5 nitrogen and oxygen atoms in total. The van der Waals surface area contributed by atoms with Crippen molar-refractivity contribution >= 4 is 0 Å². The normalized spacial score (nSPS) is 20.3. The van der Waals surface area contributed by atoms with Crippen molar-refractivity contribution in [3.05, 3.63) is 41.6 Å². The van der Waals surface area contributed by atoms with Crippen molar-refractivity contribution in [2.75, 3.05) is 27.2 Å². The first-order valence-electron chi connectivity index (χ1n) is 8.79. The number of hydrogen-bond acceptors (Lipinski definition) is 4. The number of aromatic nitrogens is 2. The molecule has 0 saturated heterocycles. The van der Waals surface area contributed by atoms with Gasteiger partial charge in [-0.25, -0.2) is 0 Å². The van der Waals surface area contributed by atoms with Gasteiger partial charge in [-0.05, 0) is 44.8 Å². The van der Waals surface area contributed by atoms with E-state index >= 15 is 0 Å². The van der Waals surface area contributed by atoms with Crippen LogP contribution in [-0.2, 0) is 13.0 Å². The molecular formula is C19H28N4O. The fourth-order valence-electron chi connectivity index (χ4n) is 3.36.